The van der Waals surface area contributed by atoms with Gasteiger partial charge in [-0.3, -0.25) is 4.98 Å². The van der Waals surface area contributed by atoms with E-state index in [1.807, 2.05) is 36.5 Å². The Hall–Kier alpha value is -2.67. The summed E-state index contributed by atoms with van der Waals surface area (Å²) in [6, 6.07) is 22.7. The zero-order chi connectivity index (χ0) is 13.8. The average Bonchev–Trinajstić information content (AvgIpc) is 2.56. The van der Waals surface area contributed by atoms with E-state index in [-0.39, 0.29) is 0 Å². The van der Waals surface area contributed by atoms with Crippen molar-refractivity contribution in [1.82, 2.24) is 4.98 Å². The molecule has 3 rings (SSSR count). The highest BCUT2D eigenvalue weighted by atomic mass is 14.7. The SMILES string of the molecule is C=Cc1ccc(-c2ccccc2-c2ccccn2)cc1. The number of pyridine rings is 1. The lowest BCUT2D eigenvalue weighted by atomic mass is 9.96. The molecule has 0 saturated heterocycles. The maximum Gasteiger partial charge on any atom is 0.0708 e. The fourth-order valence-corrected chi connectivity index (χ4v) is 2.28. The maximum atomic E-state index is 4.45. The van der Waals surface area contributed by atoms with E-state index in [9.17, 15) is 0 Å². The molecule has 0 saturated carbocycles. The van der Waals surface area contributed by atoms with Crippen molar-refractivity contribution in [2.45, 2.75) is 0 Å². The summed E-state index contributed by atoms with van der Waals surface area (Å²) in [7, 11) is 0. The number of nitrogens with zero attached hydrogens (tertiary/aromatic N) is 1. The molecule has 2 aromatic carbocycles. The predicted octanol–water partition coefficient (Wildman–Crippen LogP) is 5.06. The Morgan fingerprint density at radius 3 is 2.10 bits per heavy atom. The number of aromatic nitrogens is 1. The van der Waals surface area contributed by atoms with Gasteiger partial charge < -0.3 is 0 Å². The Labute approximate surface area is 119 Å². The molecule has 0 fully saturated rings. The molecule has 96 valence electrons. The van der Waals surface area contributed by atoms with Crippen LogP contribution >= 0.6 is 0 Å². The zero-order valence-corrected chi connectivity index (χ0v) is 11.2. The minimum absolute atomic E-state index is 0.996. The van der Waals surface area contributed by atoms with Crippen molar-refractivity contribution >= 4 is 6.08 Å². The molecular formula is C19H15N. The summed E-state index contributed by atoms with van der Waals surface area (Å²) in [6.45, 7) is 3.79. The Morgan fingerprint density at radius 2 is 1.45 bits per heavy atom. The van der Waals surface area contributed by atoms with Crippen molar-refractivity contribution in [3.63, 3.8) is 0 Å². The van der Waals surface area contributed by atoms with E-state index < -0.39 is 0 Å². The van der Waals surface area contributed by atoms with Gasteiger partial charge in [0.2, 0.25) is 0 Å². The molecule has 1 nitrogen and oxygen atoms in total. The molecular weight excluding hydrogens is 242 g/mol. The maximum absolute atomic E-state index is 4.45. The molecule has 0 atom stereocenters. The Balaban J connectivity index is 2.12. The lowest BCUT2D eigenvalue weighted by Gasteiger charge is -2.09. The van der Waals surface area contributed by atoms with E-state index >= 15 is 0 Å². The summed E-state index contributed by atoms with van der Waals surface area (Å²) in [5, 5.41) is 0. The summed E-state index contributed by atoms with van der Waals surface area (Å²) in [5.41, 5.74) is 5.66. The first kappa shape index (κ1) is 12.4. The summed E-state index contributed by atoms with van der Waals surface area (Å²) in [5.74, 6) is 0. The van der Waals surface area contributed by atoms with Gasteiger partial charge in [0.05, 0.1) is 5.69 Å². The van der Waals surface area contributed by atoms with Crippen LogP contribution in [-0.2, 0) is 0 Å². The average molecular weight is 257 g/mol. The molecule has 1 aromatic heterocycles. The molecule has 0 aliphatic carbocycles. The first-order valence-corrected chi connectivity index (χ1v) is 6.62. The van der Waals surface area contributed by atoms with E-state index in [0.29, 0.717) is 0 Å². The van der Waals surface area contributed by atoms with Crippen LogP contribution in [0.4, 0.5) is 0 Å². The van der Waals surface area contributed by atoms with E-state index in [1.165, 1.54) is 11.1 Å². The molecule has 3 aromatic rings. The van der Waals surface area contributed by atoms with Gasteiger partial charge >= 0.3 is 0 Å². The van der Waals surface area contributed by atoms with Crippen LogP contribution in [0.1, 0.15) is 5.56 Å². The first-order valence-electron chi connectivity index (χ1n) is 6.62. The molecule has 20 heavy (non-hydrogen) atoms. The fourth-order valence-electron chi connectivity index (χ4n) is 2.28. The van der Waals surface area contributed by atoms with Crippen LogP contribution in [0.15, 0.2) is 79.5 Å². The molecule has 0 spiro atoms. The van der Waals surface area contributed by atoms with Crippen LogP contribution < -0.4 is 0 Å². The first-order chi connectivity index (χ1) is 9.88. The van der Waals surface area contributed by atoms with Gasteiger partial charge in [-0.15, -0.1) is 0 Å². The summed E-state index contributed by atoms with van der Waals surface area (Å²) in [4.78, 5) is 4.45. The largest absolute Gasteiger partial charge is 0.256 e. The van der Waals surface area contributed by atoms with E-state index in [0.717, 1.165) is 16.8 Å². The van der Waals surface area contributed by atoms with Gasteiger partial charge in [-0.2, -0.15) is 0 Å². The van der Waals surface area contributed by atoms with Gasteiger partial charge in [-0.05, 0) is 28.8 Å². The Kier molecular flexibility index (Phi) is 3.42. The van der Waals surface area contributed by atoms with Crippen molar-refractivity contribution in [2.75, 3.05) is 0 Å². The third kappa shape index (κ3) is 2.39. The second-order valence-corrected chi connectivity index (χ2v) is 4.59. The van der Waals surface area contributed by atoms with Gasteiger partial charge in [0.15, 0.2) is 0 Å². The lowest BCUT2D eigenvalue weighted by Crippen LogP contribution is -1.87. The highest BCUT2D eigenvalue weighted by molar-refractivity contribution is 5.82. The highest BCUT2D eigenvalue weighted by Crippen LogP contribution is 2.30. The number of rotatable bonds is 3. The summed E-state index contributed by atoms with van der Waals surface area (Å²) in [6.07, 6.45) is 3.68. The minimum atomic E-state index is 0.996. The van der Waals surface area contributed by atoms with Crippen molar-refractivity contribution < 1.29 is 0 Å². The number of hydrogen-bond acceptors (Lipinski definition) is 1. The van der Waals surface area contributed by atoms with Crippen molar-refractivity contribution in [3.05, 3.63) is 85.1 Å². The second-order valence-electron chi connectivity index (χ2n) is 4.59. The van der Waals surface area contributed by atoms with Crippen LogP contribution in [0.5, 0.6) is 0 Å². The van der Waals surface area contributed by atoms with E-state index in [4.69, 9.17) is 0 Å². The van der Waals surface area contributed by atoms with Crippen LogP contribution in [-0.4, -0.2) is 4.98 Å². The van der Waals surface area contributed by atoms with Crippen molar-refractivity contribution in [3.8, 4) is 22.4 Å². The molecule has 0 amide bonds. The van der Waals surface area contributed by atoms with Crippen LogP contribution in [0.3, 0.4) is 0 Å². The third-order valence-electron chi connectivity index (χ3n) is 3.33. The molecule has 0 unspecified atom stereocenters. The van der Waals surface area contributed by atoms with Crippen molar-refractivity contribution in [1.29, 1.82) is 0 Å². The quantitative estimate of drug-likeness (QED) is 0.639. The summed E-state index contributed by atoms with van der Waals surface area (Å²) >= 11 is 0. The molecule has 0 bridgehead atoms. The van der Waals surface area contributed by atoms with Crippen LogP contribution in [0.25, 0.3) is 28.5 Å². The highest BCUT2D eigenvalue weighted by Gasteiger charge is 2.07. The normalized spacial score (nSPS) is 10.2. The minimum Gasteiger partial charge on any atom is -0.256 e. The molecule has 0 N–H and O–H groups in total. The van der Waals surface area contributed by atoms with Gasteiger partial charge in [-0.1, -0.05) is 67.3 Å². The lowest BCUT2D eigenvalue weighted by molar-refractivity contribution is 1.33. The van der Waals surface area contributed by atoms with E-state index in [1.54, 1.807) is 0 Å². The fraction of sp³-hybridized carbons (Fsp3) is 0. The third-order valence-corrected chi connectivity index (χ3v) is 3.33. The van der Waals surface area contributed by atoms with Gasteiger partial charge in [-0.25, -0.2) is 0 Å². The molecule has 0 aliphatic rings. The molecule has 1 heteroatoms. The smallest absolute Gasteiger partial charge is 0.0708 e. The molecule has 0 aliphatic heterocycles. The van der Waals surface area contributed by atoms with E-state index in [2.05, 4.69) is 54.0 Å². The van der Waals surface area contributed by atoms with Gasteiger partial charge in [0.1, 0.15) is 0 Å². The predicted molar refractivity (Wildman–Crippen MR) is 85.2 cm³/mol. The number of hydrogen-bond donors (Lipinski definition) is 0. The summed E-state index contributed by atoms with van der Waals surface area (Å²) < 4.78 is 0. The number of benzene rings is 2. The van der Waals surface area contributed by atoms with Gasteiger partial charge in [0.25, 0.3) is 0 Å². The second kappa shape index (κ2) is 5.54. The zero-order valence-electron chi connectivity index (χ0n) is 11.2. The molecule has 0 radical (unpaired) electrons. The molecule has 1 heterocycles. The monoisotopic (exact) mass is 257 g/mol. The van der Waals surface area contributed by atoms with Crippen LogP contribution in [0, 0.1) is 0 Å². The van der Waals surface area contributed by atoms with Crippen molar-refractivity contribution in [2.24, 2.45) is 0 Å². The van der Waals surface area contributed by atoms with Crippen LogP contribution in [0.2, 0.25) is 0 Å². The Morgan fingerprint density at radius 1 is 0.750 bits per heavy atom. The standard InChI is InChI=1S/C19H15N/c1-2-15-10-12-16(13-11-15)17-7-3-4-8-18(17)19-9-5-6-14-20-19/h2-14H,1H2. The van der Waals surface area contributed by atoms with Gasteiger partial charge in [0, 0.05) is 11.8 Å². The topological polar surface area (TPSA) is 12.9 Å². The Bertz CT molecular complexity index is 712.